The first kappa shape index (κ1) is 22.6. The van der Waals surface area contributed by atoms with Crippen LogP contribution in [0.2, 0.25) is 0 Å². The smallest absolute Gasteiger partial charge is 0.264 e. The Hall–Kier alpha value is -4.84. The molecule has 0 spiro atoms. The molecule has 6 aromatic rings. The second kappa shape index (κ2) is 8.99. The molecule has 6 rings (SSSR count). The number of furan rings is 1. The van der Waals surface area contributed by atoms with Gasteiger partial charge >= 0.3 is 0 Å². The number of benzene rings is 3. The standard InChI is InChI=1S/C31H25N3O3/c1-19-13-15-21(16-14-19)17-18-25-27(20(2)33-37-25)32-28-26-30(36-29(28)22-9-5-4-6-10-22)23-11-7-8-12-24(23)34(3)31(26)35/h4-18,32H,1-3H3/b18-17+. The zero-order valence-corrected chi connectivity index (χ0v) is 20.8. The minimum absolute atomic E-state index is 0.145. The summed E-state index contributed by atoms with van der Waals surface area (Å²) in [5.74, 6) is 1.14. The lowest BCUT2D eigenvalue weighted by Crippen LogP contribution is -2.17. The van der Waals surface area contributed by atoms with Crippen molar-refractivity contribution in [2.24, 2.45) is 7.05 Å². The number of fused-ring (bicyclic) bond motifs is 3. The predicted octanol–water partition coefficient (Wildman–Crippen LogP) is 7.47. The lowest BCUT2D eigenvalue weighted by molar-refractivity contribution is 0.408. The van der Waals surface area contributed by atoms with Crippen LogP contribution in [0.3, 0.4) is 0 Å². The van der Waals surface area contributed by atoms with E-state index in [0.717, 1.165) is 22.0 Å². The SMILES string of the molecule is Cc1ccc(/C=C/c2onc(C)c2Nc2c(-c3ccccc3)oc3c2c(=O)n(C)c2ccccc32)cc1. The van der Waals surface area contributed by atoms with Gasteiger partial charge in [0.2, 0.25) is 0 Å². The van der Waals surface area contributed by atoms with E-state index in [4.69, 9.17) is 8.94 Å². The van der Waals surface area contributed by atoms with Gasteiger partial charge in [0.25, 0.3) is 5.56 Å². The molecular formula is C31H25N3O3. The van der Waals surface area contributed by atoms with Crippen molar-refractivity contribution in [2.75, 3.05) is 5.32 Å². The monoisotopic (exact) mass is 487 g/mol. The number of aryl methyl sites for hydroxylation is 3. The van der Waals surface area contributed by atoms with Gasteiger partial charge in [0.1, 0.15) is 16.8 Å². The van der Waals surface area contributed by atoms with Crippen molar-refractivity contribution in [1.82, 2.24) is 9.72 Å². The van der Waals surface area contributed by atoms with E-state index in [2.05, 4.69) is 29.5 Å². The first-order valence-corrected chi connectivity index (χ1v) is 12.1. The average Bonchev–Trinajstić information content (AvgIpc) is 3.48. The van der Waals surface area contributed by atoms with Crippen molar-refractivity contribution in [3.05, 3.63) is 112 Å². The van der Waals surface area contributed by atoms with Gasteiger partial charge in [-0.05, 0) is 37.6 Å². The quantitative estimate of drug-likeness (QED) is 0.273. The van der Waals surface area contributed by atoms with Crippen LogP contribution in [0, 0.1) is 13.8 Å². The largest absolute Gasteiger partial charge is 0.453 e. The maximum atomic E-state index is 13.7. The number of hydrogen-bond donors (Lipinski definition) is 1. The first-order valence-electron chi connectivity index (χ1n) is 12.1. The van der Waals surface area contributed by atoms with Crippen LogP contribution < -0.4 is 10.9 Å². The first-order chi connectivity index (χ1) is 18.0. The van der Waals surface area contributed by atoms with Gasteiger partial charge < -0.3 is 18.8 Å². The maximum Gasteiger partial charge on any atom is 0.264 e. The molecule has 0 radical (unpaired) electrons. The summed E-state index contributed by atoms with van der Waals surface area (Å²) in [6, 6.07) is 25.8. The molecule has 0 fully saturated rings. The molecule has 0 aliphatic carbocycles. The highest BCUT2D eigenvalue weighted by molar-refractivity contribution is 6.11. The van der Waals surface area contributed by atoms with Gasteiger partial charge in [-0.15, -0.1) is 0 Å². The van der Waals surface area contributed by atoms with Gasteiger partial charge in [-0.3, -0.25) is 4.79 Å². The molecule has 6 nitrogen and oxygen atoms in total. The van der Waals surface area contributed by atoms with Crippen LogP contribution in [-0.2, 0) is 7.05 Å². The van der Waals surface area contributed by atoms with E-state index >= 15 is 0 Å². The van der Waals surface area contributed by atoms with E-state index in [-0.39, 0.29) is 5.56 Å². The highest BCUT2D eigenvalue weighted by atomic mass is 16.5. The molecule has 3 aromatic heterocycles. The Morgan fingerprint density at radius 2 is 1.59 bits per heavy atom. The van der Waals surface area contributed by atoms with Crippen molar-refractivity contribution < 1.29 is 8.94 Å². The Kier molecular flexibility index (Phi) is 5.49. The lowest BCUT2D eigenvalue weighted by Gasteiger charge is -2.08. The zero-order chi connectivity index (χ0) is 25.5. The van der Waals surface area contributed by atoms with Crippen molar-refractivity contribution in [3.8, 4) is 11.3 Å². The fourth-order valence-electron chi connectivity index (χ4n) is 4.60. The second-order valence-corrected chi connectivity index (χ2v) is 9.13. The summed E-state index contributed by atoms with van der Waals surface area (Å²) in [6.07, 6.45) is 3.85. The highest BCUT2D eigenvalue weighted by Crippen LogP contribution is 2.41. The van der Waals surface area contributed by atoms with E-state index in [0.29, 0.717) is 39.6 Å². The van der Waals surface area contributed by atoms with Gasteiger partial charge in [-0.25, -0.2) is 0 Å². The number of para-hydroxylation sites is 1. The van der Waals surface area contributed by atoms with Gasteiger partial charge in [-0.2, -0.15) is 0 Å². The third kappa shape index (κ3) is 3.93. The second-order valence-electron chi connectivity index (χ2n) is 9.13. The summed E-state index contributed by atoms with van der Waals surface area (Å²) in [6.45, 7) is 3.93. The van der Waals surface area contributed by atoms with Crippen LogP contribution in [0.5, 0.6) is 0 Å². The van der Waals surface area contributed by atoms with E-state index < -0.39 is 0 Å². The number of hydrogen-bond acceptors (Lipinski definition) is 5. The normalized spacial score (nSPS) is 11.6. The number of rotatable bonds is 5. The topological polar surface area (TPSA) is 73.2 Å². The van der Waals surface area contributed by atoms with Crippen LogP contribution in [-0.4, -0.2) is 9.72 Å². The predicted molar refractivity (Wildman–Crippen MR) is 149 cm³/mol. The summed E-state index contributed by atoms with van der Waals surface area (Å²) in [5.41, 5.74) is 6.26. The third-order valence-corrected chi connectivity index (χ3v) is 6.62. The van der Waals surface area contributed by atoms with Crippen LogP contribution in [0.15, 0.2) is 92.6 Å². The maximum absolute atomic E-state index is 13.7. The lowest BCUT2D eigenvalue weighted by atomic mass is 10.1. The summed E-state index contributed by atoms with van der Waals surface area (Å²) >= 11 is 0. The number of aromatic nitrogens is 2. The van der Waals surface area contributed by atoms with Crippen molar-refractivity contribution >= 4 is 45.4 Å². The Bertz CT molecular complexity index is 1840. The minimum atomic E-state index is -0.145. The Morgan fingerprint density at radius 3 is 2.38 bits per heavy atom. The molecule has 0 saturated heterocycles. The molecule has 0 aliphatic heterocycles. The van der Waals surface area contributed by atoms with Gasteiger partial charge in [-0.1, -0.05) is 83.5 Å². The van der Waals surface area contributed by atoms with Crippen LogP contribution in [0.1, 0.15) is 22.6 Å². The molecule has 0 atom stereocenters. The van der Waals surface area contributed by atoms with Crippen LogP contribution >= 0.6 is 0 Å². The average molecular weight is 488 g/mol. The van der Waals surface area contributed by atoms with E-state index in [9.17, 15) is 4.79 Å². The van der Waals surface area contributed by atoms with E-state index in [1.165, 1.54) is 5.56 Å². The molecule has 3 aromatic carbocycles. The molecule has 0 unspecified atom stereocenters. The number of pyridine rings is 1. The van der Waals surface area contributed by atoms with Gasteiger partial charge in [0.05, 0.1) is 11.2 Å². The van der Waals surface area contributed by atoms with Crippen molar-refractivity contribution in [1.29, 1.82) is 0 Å². The molecule has 3 heterocycles. The zero-order valence-electron chi connectivity index (χ0n) is 20.8. The molecule has 6 heteroatoms. The fraction of sp³-hybridized carbons (Fsp3) is 0.0968. The summed E-state index contributed by atoms with van der Waals surface area (Å²) in [7, 11) is 1.78. The van der Waals surface area contributed by atoms with Crippen molar-refractivity contribution in [2.45, 2.75) is 13.8 Å². The van der Waals surface area contributed by atoms with E-state index in [1.807, 2.05) is 85.8 Å². The summed E-state index contributed by atoms with van der Waals surface area (Å²) in [5, 5.41) is 9.02. The minimum Gasteiger partial charge on any atom is -0.453 e. The number of nitrogens with one attached hydrogen (secondary N) is 1. The molecule has 0 amide bonds. The molecular weight excluding hydrogens is 462 g/mol. The summed E-state index contributed by atoms with van der Waals surface area (Å²) in [4.78, 5) is 13.7. The molecule has 0 bridgehead atoms. The summed E-state index contributed by atoms with van der Waals surface area (Å²) < 4.78 is 13.8. The Labute approximate surface area is 213 Å². The molecule has 0 aliphatic rings. The fourth-order valence-corrected chi connectivity index (χ4v) is 4.60. The molecule has 37 heavy (non-hydrogen) atoms. The van der Waals surface area contributed by atoms with Gasteiger partial charge in [0, 0.05) is 18.0 Å². The number of nitrogens with zero attached hydrogens (tertiary/aromatic N) is 2. The van der Waals surface area contributed by atoms with Crippen LogP contribution in [0.25, 0.3) is 45.3 Å². The van der Waals surface area contributed by atoms with E-state index in [1.54, 1.807) is 11.6 Å². The van der Waals surface area contributed by atoms with Crippen LogP contribution in [0.4, 0.5) is 11.4 Å². The number of anilines is 2. The molecule has 0 saturated carbocycles. The van der Waals surface area contributed by atoms with Crippen molar-refractivity contribution in [3.63, 3.8) is 0 Å². The molecule has 1 N–H and O–H groups in total. The Morgan fingerprint density at radius 1 is 0.865 bits per heavy atom. The third-order valence-electron chi connectivity index (χ3n) is 6.62. The van der Waals surface area contributed by atoms with Gasteiger partial charge in [0.15, 0.2) is 17.1 Å². The Balaban J connectivity index is 1.55. The highest BCUT2D eigenvalue weighted by Gasteiger charge is 2.24. The molecule has 182 valence electrons.